The average molecular weight is 404 g/mol. The monoisotopic (exact) mass is 404 g/mol. The fourth-order valence-corrected chi connectivity index (χ4v) is 4.28. The smallest absolute Gasteiger partial charge is 0.243 e. The van der Waals surface area contributed by atoms with Crippen LogP contribution in [-0.2, 0) is 14.8 Å². The summed E-state index contributed by atoms with van der Waals surface area (Å²) in [5.41, 5.74) is 1.27. The van der Waals surface area contributed by atoms with Gasteiger partial charge in [0.1, 0.15) is 5.75 Å². The molecule has 0 atom stereocenters. The molecule has 2 aromatic carbocycles. The highest BCUT2D eigenvalue weighted by atomic mass is 32.2. The quantitative estimate of drug-likeness (QED) is 0.680. The summed E-state index contributed by atoms with van der Waals surface area (Å²) in [5, 5.41) is 3.06. The van der Waals surface area contributed by atoms with Gasteiger partial charge < -0.3 is 14.8 Å². The van der Waals surface area contributed by atoms with E-state index < -0.39 is 10.0 Å². The predicted octanol–water partition coefficient (Wildman–Crippen LogP) is 2.40. The maximum absolute atomic E-state index is 12.6. The van der Waals surface area contributed by atoms with Crippen LogP contribution in [0, 0.1) is 0 Å². The summed E-state index contributed by atoms with van der Waals surface area (Å²) in [6.07, 6.45) is 0. The van der Waals surface area contributed by atoms with Crippen molar-refractivity contribution in [2.24, 2.45) is 0 Å². The minimum Gasteiger partial charge on any atom is -0.494 e. The molecule has 0 amide bonds. The molecule has 8 heteroatoms. The Morgan fingerprint density at radius 2 is 1.71 bits per heavy atom. The van der Waals surface area contributed by atoms with E-state index in [4.69, 9.17) is 9.47 Å². The Bertz CT molecular complexity index is 889. The van der Waals surface area contributed by atoms with E-state index in [1.54, 1.807) is 12.1 Å². The highest BCUT2D eigenvalue weighted by Crippen LogP contribution is 2.19. The number of rotatable bonds is 8. The number of benzene rings is 2. The number of carbonyl (C=O) groups is 1. The molecule has 1 N–H and O–H groups in total. The topological polar surface area (TPSA) is 84.9 Å². The number of ketones is 1. The predicted molar refractivity (Wildman–Crippen MR) is 106 cm³/mol. The van der Waals surface area contributed by atoms with Gasteiger partial charge in [0.15, 0.2) is 5.78 Å². The third kappa shape index (κ3) is 4.89. The van der Waals surface area contributed by atoms with Gasteiger partial charge in [-0.1, -0.05) is 0 Å². The van der Waals surface area contributed by atoms with Crippen molar-refractivity contribution in [1.82, 2.24) is 4.31 Å². The Hall–Kier alpha value is -2.42. The average Bonchev–Trinajstić information content (AvgIpc) is 2.74. The Morgan fingerprint density at radius 3 is 2.32 bits per heavy atom. The molecule has 0 aromatic heterocycles. The van der Waals surface area contributed by atoms with Crippen LogP contribution in [0.2, 0.25) is 0 Å². The van der Waals surface area contributed by atoms with E-state index in [-0.39, 0.29) is 17.2 Å². The van der Waals surface area contributed by atoms with Crippen LogP contribution in [0.15, 0.2) is 53.4 Å². The molecule has 2 aromatic rings. The van der Waals surface area contributed by atoms with Crippen LogP contribution in [0.5, 0.6) is 5.75 Å². The zero-order valence-corrected chi connectivity index (χ0v) is 16.6. The van der Waals surface area contributed by atoms with E-state index in [0.717, 1.165) is 11.4 Å². The van der Waals surface area contributed by atoms with Crippen LogP contribution in [0.1, 0.15) is 17.3 Å². The van der Waals surface area contributed by atoms with Crippen LogP contribution in [0.3, 0.4) is 0 Å². The molecule has 0 bridgehead atoms. The number of nitrogens with zero attached hydrogens (tertiary/aromatic N) is 1. The Labute approximate surface area is 165 Å². The third-order valence-electron chi connectivity index (χ3n) is 4.40. The van der Waals surface area contributed by atoms with Gasteiger partial charge in [0.25, 0.3) is 0 Å². The van der Waals surface area contributed by atoms with Crippen molar-refractivity contribution in [3.8, 4) is 5.75 Å². The number of ether oxygens (including phenoxy) is 2. The van der Waals surface area contributed by atoms with Crippen molar-refractivity contribution < 1.29 is 22.7 Å². The van der Waals surface area contributed by atoms with Crippen molar-refractivity contribution in [2.75, 3.05) is 44.8 Å². The summed E-state index contributed by atoms with van der Waals surface area (Å²) in [6.45, 7) is 4.11. The largest absolute Gasteiger partial charge is 0.494 e. The summed E-state index contributed by atoms with van der Waals surface area (Å²) in [6, 6.07) is 13.4. The SMILES string of the molecule is CCOc1ccc(NCC(=O)c2ccc(S(=O)(=O)N3CCOCC3)cc2)cc1. The number of anilines is 1. The summed E-state index contributed by atoms with van der Waals surface area (Å²) >= 11 is 0. The molecule has 0 unspecified atom stereocenters. The fraction of sp³-hybridized carbons (Fsp3) is 0.350. The van der Waals surface area contributed by atoms with Gasteiger partial charge in [0.05, 0.1) is 31.3 Å². The van der Waals surface area contributed by atoms with Gasteiger partial charge in [-0.3, -0.25) is 4.79 Å². The van der Waals surface area contributed by atoms with Crippen LogP contribution in [0.4, 0.5) is 5.69 Å². The molecule has 0 spiro atoms. The van der Waals surface area contributed by atoms with Gasteiger partial charge in [-0.2, -0.15) is 4.31 Å². The van der Waals surface area contributed by atoms with E-state index >= 15 is 0 Å². The number of carbonyl (C=O) groups excluding carboxylic acids is 1. The first kappa shape index (κ1) is 20.3. The van der Waals surface area contributed by atoms with Gasteiger partial charge >= 0.3 is 0 Å². The number of nitrogens with one attached hydrogen (secondary N) is 1. The number of Topliss-reactive ketones (excluding diaryl/α,β-unsaturated/α-hetero) is 1. The lowest BCUT2D eigenvalue weighted by Crippen LogP contribution is -2.40. The van der Waals surface area contributed by atoms with E-state index in [0.29, 0.717) is 38.5 Å². The van der Waals surface area contributed by atoms with Gasteiger partial charge in [-0.15, -0.1) is 0 Å². The Kier molecular flexibility index (Phi) is 6.66. The maximum Gasteiger partial charge on any atom is 0.243 e. The summed E-state index contributed by atoms with van der Waals surface area (Å²) in [7, 11) is -3.55. The van der Waals surface area contributed by atoms with E-state index in [1.165, 1.54) is 16.4 Å². The second kappa shape index (κ2) is 9.18. The van der Waals surface area contributed by atoms with Crippen molar-refractivity contribution in [2.45, 2.75) is 11.8 Å². The first-order valence-electron chi connectivity index (χ1n) is 9.18. The number of hydrogen-bond donors (Lipinski definition) is 1. The highest BCUT2D eigenvalue weighted by molar-refractivity contribution is 7.89. The molecule has 1 heterocycles. The van der Waals surface area contributed by atoms with Crippen LogP contribution in [0.25, 0.3) is 0 Å². The first-order chi connectivity index (χ1) is 13.5. The Balaban J connectivity index is 1.60. The van der Waals surface area contributed by atoms with E-state index in [2.05, 4.69) is 5.32 Å². The molecule has 7 nitrogen and oxygen atoms in total. The fourth-order valence-electron chi connectivity index (χ4n) is 2.87. The number of hydrogen-bond acceptors (Lipinski definition) is 6. The molecule has 150 valence electrons. The molecule has 0 saturated carbocycles. The minimum atomic E-state index is -3.55. The molecule has 1 aliphatic heterocycles. The van der Waals surface area contributed by atoms with Gasteiger partial charge in [-0.05, 0) is 55.5 Å². The minimum absolute atomic E-state index is 0.115. The second-order valence-electron chi connectivity index (χ2n) is 6.27. The highest BCUT2D eigenvalue weighted by Gasteiger charge is 2.26. The van der Waals surface area contributed by atoms with E-state index in [9.17, 15) is 13.2 Å². The molecule has 3 rings (SSSR count). The van der Waals surface area contributed by atoms with Gasteiger partial charge in [-0.25, -0.2) is 8.42 Å². The van der Waals surface area contributed by atoms with Gasteiger partial charge in [0.2, 0.25) is 10.0 Å². The van der Waals surface area contributed by atoms with Crippen LogP contribution in [-0.4, -0.2) is 58.0 Å². The number of sulfonamides is 1. The van der Waals surface area contributed by atoms with Crippen LogP contribution >= 0.6 is 0 Å². The first-order valence-corrected chi connectivity index (χ1v) is 10.6. The van der Waals surface area contributed by atoms with Gasteiger partial charge in [0, 0.05) is 24.3 Å². The molecule has 0 aliphatic carbocycles. The molecule has 1 fully saturated rings. The zero-order valence-electron chi connectivity index (χ0n) is 15.8. The summed E-state index contributed by atoms with van der Waals surface area (Å²) < 4.78 is 37.2. The lowest BCUT2D eigenvalue weighted by molar-refractivity contribution is 0.0730. The molecular formula is C20H24N2O5S. The van der Waals surface area contributed by atoms with Crippen molar-refractivity contribution in [1.29, 1.82) is 0 Å². The molecule has 0 radical (unpaired) electrons. The lowest BCUT2D eigenvalue weighted by Gasteiger charge is -2.26. The molecular weight excluding hydrogens is 380 g/mol. The Morgan fingerprint density at radius 1 is 1.07 bits per heavy atom. The normalized spacial score (nSPS) is 15.2. The van der Waals surface area contributed by atoms with Crippen molar-refractivity contribution >= 4 is 21.5 Å². The molecule has 1 aliphatic rings. The lowest BCUT2D eigenvalue weighted by atomic mass is 10.1. The maximum atomic E-state index is 12.6. The molecule has 1 saturated heterocycles. The zero-order chi connectivity index (χ0) is 20.0. The van der Waals surface area contributed by atoms with E-state index in [1.807, 2.05) is 31.2 Å². The molecule has 28 heavy (non-hydrogen) atoms. The summed E-state index contributed by atoms with van der Waals surface area (Å²) in [4.78, 5) is 12.6. The van der Waals surface area contributed by atoms with Crippen LogP contribution < -0.4 is 10.1 Å². The standard InChI is InChI=1S/C20H24N2O5S/c1-2-27-18-7-5-17(6-8-18)21-15-20(23)16-3-9-19(10-4-16)28(24,25)22-11-13-26-14-12-22/h3-10,21H,2,11-15H2,1H3. The number of morpholine rings is 1. The van der Waals surface area contributed by atoms with Crippen molar-refractivity contribution in [3.05, 3.63) is 54.1 Å². The summed E-state index contributed by atoms with van der Waals surface area (Å²) in [5.74, 6) is 0.653. The third-order valence-corrected chi connectivity index (χ3v) is 6.32. The van der Waals surface area contributed by atoms with Crippen molar-refractivity contribution in [3.63, 3.8) is 0 Å². The second-order valence-corrected chi connectivity index (χ2v) is 8.21.